The highest BCUT2D eigenvalue weighted by Gasteiger charge is 2.23. The third kappa shape index (κ3) is 3.39. The number of carbonyl (C=O) groups excluding carboxylic acids is 1. The van der Waals surface area contributed by atoms with Gasteiger partial charge in [0.1, 0.15) is 23.4 Å². The second-order valence-corrected chi connectivity index (χ2v) is 7.63. The third-order valence-corrected chi connectivity index (χ3v) is 5.69. The number of hydrogen-bond donors (Lipinski definition) is 0. The summed E-state index contributed by atoms with van der Waals surface area (Å²) in [5, 5.41) is 8.62. The first-order valence-electron chi connectivity index (χ1n) is 9.22. The maximum Gasteiger partial charge on any atom is 0.250 e. The van der Waals surface area contributed by atoms with Gasteiger partial charge in [-0.05, 0) is 36.4 Å². The van der Waals surface area contributed by atoms with Crippen LogP contribution in [0.3, 0.4) is 0 Å². The van der Waals surface area contributed by atoms with Crippen LogP contribution in [0.25, 0.3) is 21.3 Å². The third-order valence-electron chi connectivity index (χ3n) is 4.64. The zero-order valence-electron chi connectivity index (χ0n) is 15.6. The number of para-hydroxylation sites is 2. The molecule has 0 fully saturated rings. The number of anilines is 1. The molecule has 2 aromatic carbocycles. The maximum atomic E-state index is 14.2. The Labute approximate surface area is 174 Å². The van der Waals surface area contributed by atoms with Crippen molar-refractivity contribution >= 4 is 43.6 Å². The second-order valence-electron chi connectivity index (χ2n) is 6.62. The summed E-state index contributed by atoms with van der Waals surface area (Å²) in [6.45, 7) is 0.194. The summed E-state index contributed by atoms with van der Waals surface area (Å²) < 4.78 is 16.4. The van der Waals surface area contributed by atoms with E-state index in [1.807, 2.05) is 42.5 Å². The van der Waals surface area contributed by atoms with Gasteiger partial charge in [0.2, 0.25) is 0 Å². The van der Waals surface area contributed by atoms with Crippen LogP contribution in [-0.2, 0) is 17.9 Å². The molecule has 1 amide bonds. The van der Waals surface area contributed by atoms with Crippen LogP contribution in [0.4, 0.5) is 9.52 Å². The van der Waals surface area contributed by atoms with Crippen LogP contribution in [0.5, 0.6) is 0 Å². The lowest BCUT2D eigenvalue weighted by Crippen LogP contribution is -2.34. The van der Waals surface area contributed by atoms with E-state index in [2.05, 4.69) is 20.3 Å². The largest absolute Gasteiger partial charge is 0.280 e. The second kappa shape index (κ2) is 7.60. The van der Waals surface area contributed by atoms with E-state index < -0.39 is 5.82 Å². The minimum Gasteiger partial charge on any atom is -0.280 e. The Bertz CT molecular complexity index is 1350. The van der Waals surface area contributed by atoms with Crippen LogP contribution in [-0.4, -0.2) is 30.9 Å². The summed E-state index contributed by atoms with van der Waals surface area (Å²) in [4.78, 5) is 23.5. The smallest absolute Gasteiger partial charge is 0.250 e. The number of pyridine rings is 1. The summed E-state index contributed by atoms with van der Waals surface area (Å²) in [6.07, 6.45) is 1.67. The first-order valence-corrected chi connectivity index (χ1v) is 10.0. The van der Waals surface area contributed by atoms with Crippen molar-refractivity contribution in [1.82, 2.24) is 25.0 Å². The molecule has 5 rings (SSSR count). The van der Waals surface area contributed by atoms with Gasteiger partial charge in [-0.3, -0.25) is 14.7 Å². The molecule has 0 saturated heterocycles. The summed E-state index contributed by atoms with van der Waals surface area (Å²) in [5.41, 5.74) is 2.43. The lowest BCUT2D eigenvalue weighted by Gasteiger charge is -2.19. The molecule has 9 heteroatoms. The number of fused-ring (bicyclic) bond motifs is 2. The first-order chi connectivity index (χ1) is 14.7. The number of rotatable bonds is 5. The molecule has 0 spiro atoms. The van der Waals surface area contributed by atoms with Gasteiger partial charge in [-0.25, -0.2) is 14.1 Å². The van der Waals surface area contributed by atoms with Crippen molar-refractivity contribution in [2.45, 2.75) is 13.1 Å². The highest BCUT2D eigenvalue weighted by Crippen LogP contribution is 2.31. The van der Waals surface area contributed by atoms with Crippen molar-refractivity contribution in [3.8, 4) is 0 Å². The Balaban J connectivity index is 1.52. The number of benzene rings is 2. The predicted molar refractivity (Wildman–Crippen MR) is 113 cm³/mol. The molecule has 0 saturated carbocycles. The molecule has 7 nitrogen and oxygen atoms in total. The number of nitrogens with zero attached hydrogens (tertiary/aromatic N) is 6. The molecule has 3 aromatic heterocycles. The Morgan fingerprint density at radius 2 is 1.93 bits per heavy atom. The normalized spacial score (nSPS) is 11.2. The molecule has 0 unspecified atom stereocenters. The summed E-state index contributed by atoms with van der Waals surface area (Å²) in [7, 11) is 0. The van der Waals surface area contributed by atoms with Crippen LogP contribution in [0.2, 0.25) is 0 Å². The van der Waals surface area contributed by atoms with Crippen LogP contribution < -0.4 is 4.90 Å². The van der Waals surface area contributed by atoms with Crippen LogP contribution in [0.15, 0.2) is 66.9 Å². The average Bonchev–Trinajstić information content (AvgIpc) is 3.38. The zero-order chi connectivity index (χ0) is 20.5. The maximum absolute atomic E-state index is 14.2. The molecule has 5 aromatic rings. The SMILES string of the molecule is O=C(Cn1nnc2ccccc21)N(Cc1ccccn1)c1nc2c(F)cccc2s1. The van der Waals surface area contributed by atoms with E-state index in [4.69, 9.17) is 0 Å². The molecule has 0 radical (unpaired) electrons. The van der Waals surface area contributed by atoms with Gasteiger partial charge in [0, 0.05) is 6.20 Å². The summed E-state index contributed by atoms with van der Waals surface area (Å²) in [6, 6.07) is 17.7. The van der Waals surface area contributed by atoms with E-state index in [9.17, 15) is 9.18 Å². The Kier molecular flexibility index (Phi) is 4.64. The van der Waals surface area contributed by atoms with E-state index in [1.165, 1.54) is 22.3 Å². The minimum atomic E-state index is -0.414. The van der Waals surface area contributed by atoms with Crippen molar-refractivity contribution in [2.75, 3.05) is 4.90 Å². The summed E-state index contributed by atoms with van der Waals surface area (Å²) in [5.74, 6) is -0.654. The molecule has 0 aliphatic rings. The van der Waals surface area contributed by atoms with Crippen molar-refractivity contribution in [3.05, 3.63) is 78.4 Å². The fourth-order valence-corrected chi connectivity index (χ4v) is 4.18. The fraction of sp³-hybridized carbons (Fsp3) is 0.0952. The average molecular weight is 418 g/mol. The number of aromatic nitrogens is 5. The molecule has 3 heterocycles. The monoisotopic (exact) mass is 418 g/mol. The Morgan fingerprint density at radius 3 is 2.77 bits per heavy atom. The highest BCUT2D eigenvalue weighted by atomic mass is 32.1. The molecule has 0 atom stereocenters. The molecule has 30 heavy (non-hydrogen) atoms. The van der Waals surface area contributed by atoms with Crippen LogP contribution in [0.1, 0.15) is 5.69 Å². The molecule has 0 aliphatic heterocycles. The van der Waals surface area contributed by atoms with Crippen molar-refractivity contribution < 1.29 is 9.18 Å². The molecule has 0 N–H and O–H groups in total. The van der Waals surface area contributed by atoms with E-state index >= 15 is 0 Å². The number of carbonyl (C=O) groups is 1. The van der Waals surface area contributed by atoms with Gasteiger partial charge < -0.3 is 0 Å². The number of amides is 1. The van der Waals surface area contributed by atoms with E-state index in [0.717, 1.165) is 5.52 Å². The summed E-state index contributed by atoms with van der Waals surface area (Å²) >= 11 is 1.26. The number of hydrogen-bond acceptors (Lipinski definition) is 6. The van der Waals surface area contributed by atoms with E-state index in [0.29, 0.717) is 21.0 Å². The van der Waals surface area contributed by atoms with Crippen molar-refractivity contribution in [2.24, 2.45) is 0 Å². The lowest BCUT2D eigenvalue weighted by atomic mass is 10.3. The molecular weight excluding hydrogens is 403 g/mol. The number of halogens is 1. The van der Waals surface area contributed by atoms with Gasteiger partial charge >= 0.3 is 0 Å². The fourth-order valence-electron chi connectivity index (χ4n) is 3.18. The molecule has 148 valence electrons. The van der Waals surface area contributed by atoms with Crippen molar-refractivity contribution in [3.63, 3.8) is 0 Å². The topological polar surface area (TPSA) is 76.8 Å². The molecule has 0 aliphatic carbocycles. The van der Waals surface area contributed by atoms with Gasteiger partial charge in [0.25, 0.3) is 5.91 Å². The van der Waals surface area contributed by atoms with E-state index in [1.54, 1.807) is 23.0 Å². The van der Waals surface area contributed by atoms with Gasteiger partial charge in [-0.1, -0.05) is 40.8 Å². The lowest BCUT2D eigenvalue weighted by molar-refractivity contribution is -0.119. The van der Waals surface area contributed by atoms with Gasteiger partial charge in [0.05, 0.1) is 22.5 Å². The minimum absolute atomic E-state index is 0.0221. The van der Waals surface area contributed by atoms with Crippen LogP contribution >= 0.6 is 11.3 Å². The van der Waals surface area contributed by atoms with E-state index in [-0.39, 0.29) is 24.5 Å². The zero-order valence-corrected chi connectivity index (χ0v) is 16.5. The molecular formula is C21H15FN6OS. The van der Waals surface area contributed by atoms with Gasteiger partial charge in [-0.2, -0.15) is 0 Å². The molecule has 0 bridgehead atoms. The standard InChI is InChI=1S/C21H15FN6OS/c22-15-7-5-10-18-20(15)24-21(30-18)27(12-14-6-3-4-11-23-14)19(29)13-28-17-9-2-1-8-16(17)25-26-28/h1-11H,12-13H2. The van der Waals surface area contributed by atoms with Crippen LogP contribution in [0, 0.1) is 5.82 Å². The quantitative estimate of drug-likeness (QED) is 0.434. The Morgan fingerprint density at radius 1 is 1.07 bits per heavy atom. The Hall–Kier alpha value is -3.72. The first kappa shape index (κ1) is 18.3. The number of thiazole rings is 1. The predicted octanol–water partition coefficient (Wildman–Crippen LogP) is 3.81. The van der Waals surface area contributed by atoms with Crippen molar-refractivity contribution in [1.29, 1.82) is 0 Å². The van der Waals surface area contributed by atoms with Gasteiger partial charge in [0.15, 0.2) is 5.13 Å². The highest BCUT2D eigenvalue weighted by molar-refractivity contribution is 7.22. The van der Waals surface area contributed by atoms with Gasteiger partial charge in [-0.15, -0.1) is 5.10 Å².